The molecule has 0 spiro atoms. The number of hydrogen-bond acceptors (Lipinski definition) is 1. The molecule has 27 heavy (non-hydrogen) atoms. The summed E-state index contributed by atoms with van der Waals surface area (Å²) in [4.78, 5) is 0. The number of hydrogen-bond donors (Lipinski definition) is 0. The van der Waals surface area contributed by atoms with Crippen LogP contribution < -0.4 is 4.74 Å². The molecule has 1 nitrogen and oxygen atoms in total. The summed E-state index contributed by atoms with van der Waals surface area (Å²) in [6, 6.07) is 6.43. The van der Waals surface area contributed by atoms with E-state index in [1.807, 2.05) is 0 Å². The SMILES string of the molecule is CCCC1CCC(C2CCC(Cc3ccc(OC(F)(F)F)cc3)CC2)CC1. The van der Waals surface area contributed by atoms with Gasteiger partial charge in [-0.05, 0) is 86.3 Å². The maximum Gasteiger partial charge on any atom is 0.573 e. The third-order valence-corrected chi connectivity index (χ3v) is 6.83. The molecule has 0 aliphatic heterocycles. The molecule has 0 N–H and O–H groups in total. The van der Waals surface area contributed by atoms with E-state index < -0.39 is 6.36 Å². The van der Waals surface area contributed by atoms with Crippen molar-refractivity contribution < 1.29 is 17.9 Å². The van der Waals surface area contributed by atoms with Gasteiger partial charge in [-0.1, -0.05) is 44.7 Å². The van der Waals surface area contributed by atoms with Crippen LogP contribution >= 0.6 is 0 Å². The smallest absolute Gasteiger partial charge is 0.406 e. The van der Waals surface area contributed by atoms with Gasteiger partial charge in [-0.15, -0.1) is 13.2 Å². The predicted molar refractivity (Wildman–Crippen MR) is 103 cm³/mol. The second kappa shape index (κ2) is 9.34. The first kappa shape index (κ1) is 20.5. The van der Waals surface area contributed by atoms with E-state index in [4.69, 9.17) is 0 Å². The third-order valence-electron chi connectivity index (χ3n) is 6.83. The van der Waals surface area contributed by atoms with E-state index in [1.165, 1.54) is 76.3 Å². The Morgan fingerprint density at radius 2 is 1.33 bits per heavy atom. The largest absolute Gasteiger partial charge is 0.573 e. The molecule has 1 aromatic rings. The van der Waals surface area contributed by atoms with Gasteiger partial charge in [-0.25, -0.2) is 0 Å². The Morgan fingerprint density at radius 3 is 1.81 bits per heavy atom. The topological polar surface area (TPSA) is 9.23 Å². The number of rotatable bonds is 6. The molecule has 1 aromatic carbocycles. The van der Waals surface area contributed by atoms with E-state index >= 15 is 0 Å². The van der Waals surface area contributed by atoms with Crippen LogP contribution in [-0.2, 0) is 6.42 Å². The molecule has 3 rings (SSSR count). The van der Waals surface area contributed by atoms with Crippen molar-refractivity contribution in [3.05, 3.63) is 29.8 Å². The lowest BCUT2D eigenvalue weighted by Gasteiger charge is -2.38. The highest BCUT2D eigenvalue weighted by atomic mass is 19.4. The number of benzene rings is 1. The molecular weight excluding hydrogens is 349 g/mol. The highest BCUT2D eigenvalue weighted by Crippen LogP contribution is 2.42. The van der Waals surface area contributed by atoms with E-state index in [-0.39, 0.29) is 5.75 Å². The Hall–Kier alpha value is -1.19. The van der Waals surface area contributed by atoms with Gasteiger partial charge >= 0.3 is 6.36 Å². The molecule has 4 heteroatoms. The van der Waals surface area contributed by atoms with Crippen LogP contribution in [0, 0.1) is 23.7 Å². The molecule has 152 valence electrons. The molecule has 0 bridgehead atoms. The summed E-state index contributed by atoms with van der Waals surface area (Å²) in [5.41, 5.74) is 1.12. The van der Waals surface area contributed by atoms with E-state index in [9.17, 15) is 13.2 Å². The molecule has 0 aromatic heterocycles. The van der Waals surface area contributed by atoms with Crippen LogP contribution in [0.2, 0.25) is 0 Å². The summed E-state index contributed by atoms with van der Waals surface area (Å²) in [6.45, 7) is 2.30. The fourth-order valence-corrected chi connectivity index (χ4v) is 5.38. The quantitative estimate of drug-likeness (QED) is 0.494. The maximum atomic E-state index is 12.2. The fraction of sp³-hybridized carbons (Fsp3) is 0.739. The van der Waals surface area contributed by atoms with E-state index in [1.54, 1.807) is 12.1 Å². The Labute approximate surface area is 161 Å². The number of halogens is 3. The van der Waals surface area contributed by atoms with Crippen molar-refractivity contribution in [2.75, 3.05) is 0 Å². The van der Waals surface area contributed by atoms with Gasteiger partial charge in [-0.2, -0.15) is 0 Å². The van der Waals surface area contributed by atoms with Gasteiger partial charge in [0.05, 0.1) is 0 Å². The molecular formula is C23H33F3O. The van der Waals surface area contributed by atoms with Gasteiger partial charge in [0.25, 0.3) is 0 Å². The lowest BCUT2D eigenvalue weighted by molar-refractivity contribution is -0.274. The van der Waals surface area contributed by atoms with Crippen molar-refractivity contribution in [1.82, 2.24) is 0 Å². The van der Waals surface area contributed by atoms with Crippen LogP contribution in [0.25, 0.3) is 0 Å². The first-order valence-electron chi connectivity index (χ1n) is 10.8. The Morgan fingerprint density at radius 1 is 0.815 bits per heavy atom. The second-order valence-electron chi connectivity index (χ2n) is 8.75. The van der Waals surface area contributed by atoms with Crippen LogP contribution in [0.3, 0.4) is 0 Å². The van der Waals surface area contributed by atoms with Gasteiger partial charge in [0.2, 0.25) is 0 Å². The molecule has 0 unspecified atom stereocenters. The van der Waals surface area contributed by atoms with E-state index in [0.29, 0.717) is 5.92 Å². The van der Waals surface area contributed by atoms with Gasteiger partial charge in [-0.3, -0.25) is 0 Å². The highest BCUT2D eigenvalue weighted by molar-refractivity contribution is 5.27. The van der Waals surface area contributed by atoms with Gasteiger partial charge in [0, 0.05) is 0 Å². The average molecular weight is 383 g/mol. The molecule has 2 aliphatic carbocycles. The normalized spacial score (nSPS) is 29.5. The monoisotopic (exact) mass is 382 g/mol. The van der Waals surface area contributed by atoms with Crippen LogP contribution in [-0.4, -0.2) is 6.36 Å². The summed E-state index contributed by atoms with van der Waals surface area (Å²) in [5, 5.41) is 0. The molecule has 0 atom stereocenters. The fourth-order valence-electron chi connectivity index (χ4n) is 5.38. The minimum atomic E-state index is -4.62. The number of alkyl halides is 3. The average Bonchev–Trinajstić information content (AvgIpc) is 2.64. The highest BCUT2D eigenvalue weighted by Gasteiger charge is 2.32. The zero-order valence-electron chi connectivity index (χ0n) is 16.4. The summed E-state index contributed by atoms with van der Waals surface area (Å²) < 4.78 is 40.7. The van der Waals surface area contributed by atoms with Crippen LogP contribution in [0.15, 0.2) is 24.3 Å². The van der Waals surface area contributed by atoms with Crippen molar-refractivity contribution in [1.29, 1.82) is 0 Å². The zero-order chi connectivity index (χ0) is 19.3. The van der Waals surface area contributed by atoms with Crippen LogP contribution in [0.1, 0.15) is 76.7 Å². The molecule has 0 radical (unpaired) electrons. The molecule has 0 amide bonds. The van der Waals surface area contributed by atoms with Crippen LogP contribution in [0.4, 0.5) is 13.2 Å². The van der Waals surface area contributed by atoms with E-state index in [0.717, 1.165) is 29.7 Å². The lowest BCUT2D eigenvalue weighted by Crippen LogP contribution is -2.26. The molecule has 2 aliphatic rings. The standard InChI is InChI=1S/C23H33F3O/c1-2-3-17-4-10-20(11-5-17)21-12-6-18(7-13-21)16-19-8-14-22(15-9-19)27-23(24,25)26/h8-9,14-15,17-18,20-21H,2-7,10-13,16H2,1H3. The first-order valence-corrected chi connectivity index (χ1v) is 10.8. The predicted octanol–water partition coefficient (Wildman–Crippen LogP) is 7.54. The number of ether oxygens (including phenoxy) is 1. The minimum Gasteiger partial charge on any atom is -0.406 e. The van der Waals surface area contributed by atoms with E-state index in [2.05, 4.69) is 11.7 Å². The Balaban J connectivity index is 1.41. The van der Waals surface area contributed by atoms with Crippen LogP contribution in [0.5, 0.6) is 5.75 Å². The van der Waals surface area contributed by atoms with Gasteiger partial charge in [0.1, 0.15) is 5.75 Å². The van der Waals surface area contributed by atoms with Crippen molar-refractivity contribution in [2.45, 2.75) is 83.9 Å². The Bertz CT molecular complexity index is 550. The summed E-state index contributed by atoms with van der Waals surface area (Å²) in [5.74, 6) is 3.37. The van der Waals surface area contributed by atoms with Crippen molar-refractivity contribution in [3.63, 3.8) is 0 Å². The van der Waals surface area contributed by atoms with Gasteiger partial charge in [0.15, 0.2) is 0 Å². The van der Waals surface area contributed by atoms with Gasteiger partial charge < -0.3 is 4.74 Å². The molecule has 0 heterocycles. The molecule has 2 fully saturated rings. The summed E-state index contributed by atoms with van der Waals surface area (Å²) >= 11 is 0. The zero-order valence-corrected chi connectivity index (χ0v) is 16.4. The third kappa shape index (κ3) is 6.43. The Kier molecular flexibility index (Phi) is 7.10. The summed E-state index contributed by atoms with van der Waals surface area (Å²) in [6.07, 6.45) is 10.0. The molecule has 2 saturated carbocycles. The minimum absolute atomic E-state index is 0.131. The van der Waals surface area contributed by atoms with Crippen molar-refractivity contribution in [2.24, 2.45) is 23.7 Å². The lowest BCUT2D eigenvalue weighted by atomic mass is 9.68. The van der Waals surface area contributed by atoms with Crippen molar-refractivity contribution in [3.8, 4) is 5.75 Å². The summed E-state index contributed by atoms with van der Waals surface area (Å²) in [7, 11) is 0. The van der Waals surface area contributed by atoms with Crippen molar-refractivity contribution >= 4 is 0 Å². The second-order valence-corrected chi connectivity index (χ2v) is 8.75. The first-order chi connectivity index (χ1) is 12.9. The maximum absolute atomic E-state index is 12.2. The molecule has 0 saturated heterocycles.